The highest BCUT2D eigenvalue weighted by molar-refractivity contribution is 7.99. The van der Waals surface area contributed by atoms with Crippen molar-refractivity contribution in [3.63, 3.8) is 0 Å². The number of amides is 1. The number of halogens is 1. The first-order valence-corrected chi connectivity index (χ1v) is 12.7. The molecule has 0 saturated heterocycles. The summed E-state index contributed by atoms with van der Waals surface area (Å²) in [5, 5.41) is 13.4. The summed E-state index contributed by atoms with van der Waals surface area (Å²) in [6, 6.07) is 15.5. The van der Waals surface area contributed by atoms with Crippen LogP contribution >= 0.6 is 23.4 Å². The molecule has 6 nitrogen and oxygen atoms in total. The Morgan fingerprint density at radius 3 is 2.76 bits per heavy atom. The number of para-hydroxylation sites is 1. The van der Waals surface area contributed by atoms with Gasteiger partial charge in [-0.2, -0.15) is 0 Å². The van der Waals surface area contributed by atoms with Gasteiger partial charge in [0.25, 0.3) is 0 Å². The van der Waals surface area contributed by atoms with E-state index in [0.29, 0.717) is 18.0 Å². The number of nitrogens with zero attached hydrogens (tertiary/aromatic N) is 3. The Balaban J connectivity index is 1.54. The van der Waals surface area contributed by atoms with Gasteiger partial charge in [-0.3, -0.25) is 9.36 Å². The van der Waals surface area contributed by atoms with E-state index >= 15 is 0 Å². The summed E-state index contributed by atoms with van der Waals surface area (Å²) in [5.74, 6) is 2.71. The molecule has 33 heavy (non-hydrogen) atoms. The minimum absolute atomic E-state index is 0.0352. The summed E-state index contributed by atoms with van der Waals surface area (Å²) in [5.41, 5.74) is 1.94. The number of hydrogen-bond donors (Lipinski definition) is 1. The number of nitrogens with one attached hydrogen (secondary N) is 1. The summed E-state index contributed by atoms with van der Waals surface area (Å²) in [6.07, 6.45) is 5.11. The minimum atomic E-state index is 0.0352. The number of aryl methyl sites for hydroxylation is 1. The number of benzene rings is 2. The van der Waals surface area contributed by atoms with Crippen molar-refractivity contribution in [3.05, 3.63) is 64.9 Å². The van der Waals surface area contributed by atoms with Gasteiger partial charge in [-0.15, -0.1) is 10.2 Å². The maximum absolute atomic E-state index is 12.3. The predicted molar refractivity (Wildman–Crippen MR) is 134 cm³/mol. The van der Waals surface area contributed by atoms with E-state index in [1.54, 1.807) is 18.9 Å². The van der Waals surface area contributed by atoms with E-state index in [1.165, 1.54) is 0 Å². The van der Waals surface area contributed by atoms with Crippen molar-refractivity contribution < 1.29 is 9.53 Å². The van der Waals surface area contributed by atoms with Crippen molar-refractivity contribution in [2.75, 3.05) is 12.9 Å². The fraction of sp³-hybridized carbons (Fsp3) is 0.400. The minimum Gasteiger partial charge on any atom is -0.496 e. The van der Waals surface area contributed by atoms with Crippen molar-refractivity contribution in [1.29, 1.82) is 0 Å². The molecule has 176 valence electrons. The largest absolute Gasteiger partial charge is 0.496 e. The second-order valence-corrected chi connectivity index (χ2v) is 9.21. The fourth-order valence-electron chi connectivity index (χ4n) is 3.44. The van der Waals surface area contributed by atoms with Crippen LogP contribution in [0, 0.1) is 0 Å². The van der Waals surface area contributed by atoms with Gasteiger partial charge in [-0.25, -0.2) is 0 Å². The van der Waals surface area contributed by atoms with Gasteiger partial charge in [0.1, 0.15) is 11.6 Å². The third-order valence-corrected chi connectivity index (χ3v) is 6.47. The van der Waals surface area contributed by atoms with Gasteiger partial charge in [0.2, 0.25) is 5.91 Å². The van der Waals surface area contributed by atoms with Crippen molar-refractivity contribution in [2.45, 2.75) is 57.1 Å². The standard InChI is InChI=1S/C25H31ClN4O2S/c1-3-4-16-33-25-29-28-23(30(25)21-12-9-11-20(26)17-21)14-7-8-15-24(31)27-18-19-10-5-6-13-22(19)32-2/h5-6,9-13,17H,3-4,7-8,14-16,18H2,1-2H3,(H,27,31). The molecule has 0 spiro atoms. The van der Waals surface area contributed by atoms with Crippen molar-refractivity contribution in [1.82, 2.24) is 20.1 Å². The molecule has 0 aliphatic carbocycles. The molecule has 0 unspecified atom stereocenters. The molecule has 0 fully saturated rings. The Labute approximate surface area is 205 Å². The molecule has 2 aromatic carbocycles. The van der Waals surface area contributed by atoms with Gasteiger partial charge in [-0.05, 0) is 43.5 Å². The topological polar surface area (TPSA) is 69.0 Å². The van der Waals surface area contributed by atoms with Crippen LogP contribution in [0.25, 0.3) is 5.69 Å². The molecule has 1 heterocycles. The molecule has 3 aromatic rings. The SMILES string of the molecule is CCCCSc1nnc(CCCCC(=O)NCc2ccccc2OC)n1-c1cccc(Cl)c1. The average molecular weight is 487 g/mol. The molecule has 0 bridgehead atoms. The summed E-state index contributed by atoms with van der Waals surface area (Å²) in [7, 11) is 1.64. The molecule has 8 heteroatoms. The molecule has 1 amide bonds. The molecule has 0 radical (unpaired) electrons. The van der Waals surface area contributed by atoms with Crippen LogP contribution in [0.4, 0.5) is 0 Å². The molecular formula is C25H31ClN4O2S. The van der Waals surface area contributed by atoms with Gasteiger partial charge in [0.15, 0.2) is 5.16 Å². The summed E-state index contributed by atoms with van der Waals surface area (Å²) in [6.45, 7) is 2.64. The van der Waals surface area contributed by atoms with Crippen LogP contribution in [-0.2, 0) is 17.8 Å². The lowest BCUT2D eigenvalue weighted by Crippen LogP contribution is -2.22. The van der Waals surface area contributed by atoms with Crippen LogP contribution in [0.3, 0.4) is 0 Å². The second-order valence-electron chi connectivity index (χ2n) is 7.71. The summed E-state index contributed by atoms with van der Waals surface area (Å²) >= 11 is 7.95. The highest BCUT2D eigenvalue weighted by Crippen LogP contribution is 2.25. The van der Waals surface area contributed by atoms with Crippen LogP contribution in [0.5, 0.6) is 5.75 Å². The number of methoxy groups -OCH3 is 1. The number of thioether (sulfide) groups is 1. The zero-order chi connectivity index (χ0) is 23.5. The maximum Gasteiger partial charge on any atom is 0.220 e. The molecule has 3 rings (SSSR count). The van der Waals surface area contributed by atoms with Crippen molar-refractivity contribution in [2.24, 2.45) is 0 Å². The van der Waals surface area contributed by atoms with E-state index in [4.69, 9.17) is 16.3 Å². The number of unbranched alkanes of at least 4 members (excludes halogenated alkanes) is 2. The highest BCUT2D eigenvalue weighted by Gasteiger charge is 2.15. The van der Waals surface area contributed by atoms with Crippen LogP contribution in [0.15, 0.2) is 53.7 Å². The number of carbonyl (C=O) groups is 1. The number of aromatic nitrogens is 3. The maximum atomic E-state index is 12.3. The normalized spacial score (nSPS) is 10.9. The molecule has 1 aromatic heterocycles. The Morgan fingerprint density at radius 2 is 1.97 bits per heavy atom. The lowest BCUT2D eigenvalue weighted by molar-refractivity contribution is -0.121. The van der Waals surface area contributed by atoms with E-state index < -0.39 is 0 Å². The van der Waals surface area contributed by atoms with Gasteiger partial charge >= 0.3 is 0 Å². The Kier molecular flexibility index (Phi) is 10.1. The van der Waals surface area contributed by atoms with Gasteiger partial charge < -0.3 is 10.1 Å². The number of rotatable bonds is 13. The van der Waals surface area contributed by atoms with Crippen LogP contribution < -0.4 is 10.1 Å². The molecule has 0 saturated carbocycles. The monoisotopic (exact) mass is 486 g/mol. The van der Waals surface area contributed by atoms with Crippen LogP contribution in [-0.4, -0.2) is 33.5 Å². The molecule has 0 aliphatic rings. The lowest BCUT2D eigenvalue weighted by Gasteiger charge is -2.11. The fourth-order valence-corrected chi connectivity index (χ4v) is 4.68. The Hall–Kier alpha value is -2.51. The van der Waals surface area contributed by atoms with Gasteiger partial charge in [0.05, 0.1) is 12.8 Å². The summed E-state index contributed by atoms with van der Waals surface area (Å²) < 4.78 is 7.43. The zero-order valence-corrected chi connectivity index (χ0v) is 20.8. The Morgan fingerprint density at radius 1 is 1.12 bits per heavy atom. The van der Waals surface area contributed by atoms with Gasteiger partial charge in [0, 0.05) is 35.7 Å². The number of ether oxygens (including phenoxy) is 1. The summed E-state index contributed by atoms with van der Waals surface area (Å²) in [4.78, 5) is 12.3. The number of hydrogen-bond acceptors (Lipinski definition) is 5. The van der Waals surface area contributed by atoms with E-state index in [1.807, 2.05) is 48.5 Å². The predicted octanol–water partition coefficient (Wildman–Crippen LogP) is 5.85. The van der Waals surface area contributed by atoms with E-state index in [9.17, 15) is 4.79 Å². The van der Waals surface area contributed by atoms with Crippen molar-refractivity contribution in [3.8, 4) is 11.4 Å². The van der Waals surface area contributed by atoms with E-state index in [2.05, 4.69) is 27.0 Å². The molecule has 1 N–H and O–H groups in total. The van der Waals surface area contributed by atoms with Crippen LogP contribution in [0.2, 0.25) is 5.02 Å². The van der Waals surface area contributed by atoms with Crippen molar-refractivity contribution >= 4 is 29.3 Å². The number of carbonyl (C=O) groups excluding carboxylic acids is 1. The zero-order valence-electron chi connectivity index (χ0n) is 19.2. The highest BCUT2D eigenvalue weighted by atomic mass is 35.5. The average Bonchev–Trinajstić information content (AvgIpc) is 3.23. The first-order valence-electron chi connectivity index (χ1n) is 11.3. The van der Waals surface area contributed by atoms with Crippen LogP contribution in [0.1, 0.15) is 50.4 Å². The third kappa shape index (κ3) is 7.51. The first-order chi connectivity index (χ1) is 16.1. The quantitative estimate of drug-likeness (QED) is 0.242. The smallest absolute Gasteiger partial charge is 0.220 e. The Bertz CT molecular complexity index is 1040. The van der Waals surface area contributed by atoms with Gasteiger partial charge in [-0.1, -0.05) is 61.0 Å². The molecule has 0 atom stereocenters. The van der Waals surface area contributed by atoms with E-state index in [0.717, 1.165) is 65.8 Å². The molecule has 0 aliphatic heterocycles. The van der Waals surface area contributed by atoms with E-state index in [-0.39, 0.29) is 5.91 Å². The first kappa shape index (κ1) is 25.1. The molecular weight excluding hydrogens is 456 g/mol. The third-order valence-electron chi connectivity index (χ3n) is 5.22. The second kappa shape index (κ2) is 13.3. The lowest BCUT2D eigenvalue weighted by atomic mass is 10.1.